The quantitative estimate of drug-likeness (QED) is 0.422. The minimum atomic E-state index is -0.653. The SMILES string of the molecule is CCOc1ccc(-c2cc(=O)n(CCNC(=O)c3cc(Cl)ccc3[N+](=O)[O-])cn2)cc1. The second-order valence-corrected chi connectivity index (χ2v) is 6.87. The molecule has 0 aliphatic carbocycles. The normalized spacial score (nSPS) is 10.5. The zero-order chi connectivity index (χ0) is 22.4. The van der Waals surface area contributed by atoms with Crippen molar-refractivity contribution in [3.63, 3.8) is 0 Å². The van der Waals surface area contributed by atoms with Gasteiger partial charge in [-0.05, 0) is 43.3 Å². The third-order valence-electron chi connectivity index (χ3n) is 4.38. The van der Waals surface area contributed by atoms with Gasteiger partial charge in [0.25, 0.3) is 17.2 Å². The average molecular weight is 443 g/mol. The van der Waals surface area contributed by atoms with Crippen LogP contribution in [0.5, 0.6) is 5.75 Å². The van der Waals surface area contributed by atoms with E-state index in [2.05, 4.69) is 10.3 Å². The number of rotatable bonds is 8. The van der Waals surface area contributed by atoms with Crippen molar-refractivity contribution >= 4 is 23.2 Å². The van der Waals surface area contributed by atoms with E-state index >= 15 is 0 Å². The Bertz CT molecular complexity index is 1160. The number of hydrogen-bond acceptors (Lipinski definition) is 6. The molecule has 0 saturated carbocycles. The minimum Gasteiger partial charge on any atom is -0.494 e. The van der Waals surface area contributed by atoms with Crippen molar-refractivity contribution in [1.82, 2.24) is 14.9 Å². The molecule has 0 spiro atoms. The van der Waals surface area contributed by atoms with E-state index in [0.717, 1.165) is 11.3 Å². The molecule has 3 aromatic rings. The van der Waals surface area contributed by atoms with Gasteiger partial charge in [0, 0.05) is 35.8 Å². The standard InChI is InChI=1S/C21H19ClN4O5/c1-2-31-16-6-3-14(4-7-16)18-12-20(27)25(13-24-18)10-9-23-21(28)17-11-15(22)5-8-19(17)26(29)30/h3-8,11-13H,2,9-10H2,1H3,(H,23,28). The topological polar surface area (TPSA) is 116 Å². The summed E-state index contributed by atoms with van der Waals surface area (Å²) in [4.78, 5) is 39.5. The van der Waals surface area contributed by atoms with E-state index in [-0.39, 0.29) is 34.9 Å². The van der Waals surface area contributed by atoms with Gasteiger partial charge in [-0.3, -0.25) is 24.3 Å². The number of nitro groups is 1. The number of carbonyl (C=O) groups is 1. The van der Waals surface area contributed by atoms with Crippen molar-refractivity contribution in [1.29, 1.82) is 0 Å². The fourth-order valence-corrected chi connectivity index (χ4v) is 3.05. The predicted molar refractivity (Wildman–Crippen MR) is 116 cm³/mol. The summed E-state index contributed by atoms with van der Waals surface area (Å²) in [7, 11) is 0. The molecule has 1 amide bonds. The van der Waals surface area contributed by atoms with E-state index in [1.54, 1.807) is 12.1 Å². The van der Waals surface area contributed by atoms with Crippen molar-refractivity contribution in [2.45, 2.75) is 13.5 Å². The fourth-order valence-electron chi connectivity index (χ4n) is 2.87. The smallest absolute Gasteiger partial charge is 0.282 e. The van der Waals surface area contributed by atoms with Crippen LogP contribution < -0.4 is 15.6 Å². The maximum atomic E-state index is 12.4. The van der Waals surface area contributed by atoms with Crippen LogP contribution in [0.2, 0.25) is 5.02 Å². The molecule has 1 heterocycles. The van der Waals surface area contributed by atoms with E-state index in [4.69, 9.17) is 16.3 Å². The Morgan fingerprint density at radius 2 is 1.97 bits per heavy atom. The number of ether oxygens (including phenoxy) is 1. The van der Waals surface area contributed by atoms with Crippen LogP contribution in [0, 0.1) is 10.1 Å². The molecule has 0 unspecified atom stereocenters. The van der Waals surface area contributed by atoms with Crippen molar-refractivity contribution in [3.05, 3.63) is 85.9 Å². The lowest BCUT2D eigenvalue weighted by molar-refractivity contribution is -0.385. The number of benzene rings is 2. The van der Waals surface area contributed by atoms with Crippen molar-refractivity contribution < 1.29 is 14.5 Å². The second-order valence-electron chi connectivity index (χ2n) is 6.44. The summed E-state index contributed by atoms with van der Waals surface area (Å²) >= 11 is 5.84. The molecular weight excluding hydrogens is 424 g/mol. The molecule has 0 saturated heterocycles. The summed E-state index contributed by atoms with van der Waals surface area (Å²) in [6, 6.07) is 12.4. The number of halogens is 1. The number of amides is 1. The number of hydrogen-bond donors (Lipinski definition) is 1. The number of nitrogens with one attached hydrogen (secondary N) is 1. The summed E-state index contributed by atoms with van der Waals surface area (Å²) in [6.45, 7) is 2.69. The Balaban J connectivity index is 1.65. The van der Waals surface area contributed by atoms with Crippen LogP contribution in [0.1, 0.15) is 17.3 Å². The highest BCUT2D eigenvalue weighted by molar-refractivity contribution is 6.31. The molecule has 9 nitrogen and oxygen atoms in total. The summed E-state index contributed by atoms with van der Waals surface area (Å²) < 4.78 is 6.73. The Labute approximate surface area is 182 Å². The summed E-state index contributed by atoms with van der Waals surface area (Å²) in [5.41, 5.74) is 0.508. The molecule has 2 aromatic carbocycles. The lowest BCUT2D eigenvalue weighted by atomic mass is 10.1. The molecule has 31 heavy (non-hydrogen) atoms. The molecule has 0 aliphatic rings. The molecule has 0 atom stereocenters. The number of nitrogens with zero attached hydrogens (tertiary/aromatic N) is 3. The molecular formula is C21H19ClN4O5. The maximum Gasteiger partial charge on any atom is 0.282 e. The molecule has 0 bridgehead atoms. The van der Waals surface area contributed by atoms with Crippen molar-refractivity contribution in [2.24, 2.45) is 0 Å². The molecule has 160 valence electrons. The predicted octanol–water partition coefficient (Wildman–Crippen LogP) is 3.30. The molecule has 1 N–H and O–H groups in total. The van der Waals surface area contributed by atoms with Gasteiger partial charge in [0.15, 0.2) is 0 Å². The van der Waals surface area contributed by atoms with E-state index in [0.29, 0.717) is 12.3 Å². The van der Waals surface area contributed by atoms with Gasteiger partial charge in [0.2, 0.25) is 0 Å². The van der Waals surface area contributed by atoms with Crippen LogP contribution in [-0.4, -0.2) is 33.5 Å². The highest BCUT2D eigenvalue weighted by Crippen LogP contribution is 2.22. The first-order valence-electron chi connectivity index (χ1n) is 9.41. The van der Waals surface area contributed by atoms with Crippen LogP contribution in [0.15, 0.2) is 59.7 Å². The van der Waals surface area contributed by atoms with Crippen LogP contribution in [0.3, 0.4) is 0 Å². The highest BCUT2D eigenvalue weighted by atomic mass is 35.5. The first-order valence-corrected chi connectivity index (χ1v) is 9.78. The van der Waals surface area contributed by atoms with Crippen LogP contribution in [0.4, 0.5) is 5.69 Å². The van der Waals surface area contributed by atoms with Crippen molar-refractivity contribution in [3.8, 4) is 17.0 Å². The lowest BCUT2D eigenvalue weighted by Crippen LogP contribution is -2.31. The largest absolute Gasteiger partial charge is 0.494 e. The van der Waals surface area contributed by atoms with E-state index < -0.39 is 10.8 Å². The highest BCUT2D eigenvalue weighted by Gasteiger charge is 2.20. The zero-order valence-corrected chi connectivity index (χ0v) is 17.3. The van der Waals surface area contributed by atoms with Crippen LogP contribution in [0.25, 0.3) is 11.3 Å². The lowest BCUT2D eigenvalue weighted by Gasteiger charge is -2.09. The fraction of sp³-hybridized carbons (Fsp3) is 0.190. The Morgan fingerprint density at radius 3 is 2.61 bits per heavy atom. The first kappa shape index (κ1) is 22.0. The van der Waals surface area contributed by atoms with Crippen LogP contribution >= 0.6 is 11.6 Å². The van der Waals surface area contributed by atoms with E-state index in [9.17, 15) is 19.7 Å². The Hall–Kier alpha value is -3.72. The van der Waals surface area contributed by atoms with Gasteiger partial charge in [-0.2, -0.15) is 0 Å². The first-order chi connectivity index (χ1) is 14.9. The third-order valence-corrected chi connectivity index (χ3v) is 4.61. The monoisotopic (exact) mass is 442 g/mol. The van der Waals surface area contributed by atoms with Gasteiger partial charge >= 0.3 is 0 Å². The number of carbonyl (C=O) groups excluding carboxylic acids is 1. The van der Waals surface area contributed by atoms with Gasteiger partial charge in [0.1, 0.15) is 11.3 Å². The van der Waals surface area contributed by atoms with Crippen molar-refractivity contribution in [2.75, 3.05) is 13.2 Å². The molecule has 3 rings (SSSR count). The van der Waals surface area contributed by atoms with Gasteiger partial charge in [0.05, 0.1) is 23.6 Å². The molecule has 0 aliphatic heterocycles. The number of nitro benzene ring substituents is 1. The Morgan fingerprint density at radius 1 is 1.23 bits per heavy atom. The van der Waals surface area contributed by atoms with Gasteiger partial charge in [-0.15, -0.1) is 0 Å². The van der Waals surface area contributed by atoms with Gasteiger partial charge in [-0.25, -0.2) is 4.98 Å². The average Bonchev–Trinajstić information content (AvgIpc) is 2.75. The van der Waals surface area contributed by atoms with Gasteiger partial charge in [-0.1, -0.05) is 11.6 Å². The van der Waals surface area contributed by atoms with Gasteiger partial charge < -0.3 is 10.1 Å². The Kier molecular flexibility index (Phi) is 6.99. The minimum absolute atomic E-state index is 0.0759. The van der Waals surface area contributed by atoms with Crippen LogP contribution in [-0.2, 0) is 6.54 Å². The number of aromatic nitrogens is 2. The third kappa shape index (κ3) is 5.46. The molecule has 10 heteroatoms. The second kappa shape index (κ2) is 9.86. The van der Waals surface area contributed by atoms with E-state index in [1.165, 1.54) is 35.2 Å². The molecule has 0 fully saturated rings. The zero-order valence-electron chi connectivity index (χ0n) is 16.6. The molecule has 0 radical (unpaired) electrons. The summed E-state index contributed by atoms with van der Waals surface area (Å²) in [5.74, 6) is 0.0801. The summed E-state index contributed by atoms with van der Waals surface area (Å²) in [6.07, 6.45) is 1.39. The van der Waals surface area contributed by atoms with E-state index in [1.807, 2.05) is 19.1 Å². The molecule has 1 aromatic heterocycles. The summed E-state index contributed by atoms with van der Waals surface area (Å²) in [5, 5.41) is 13.9. The maximum absolute atomic E-state index is 12.4.